The van der Waals surface area contributed by atoms with Crippen LogP contribution in [0.25, 0.3) is 0 Å². The van der Waals surface area contributed by atoms with Crippen LogP contribution in [0.4, 0.5) is 0 Å². The van der Waals surface area contributed by atoms with E-state index in [9.17, 15) is 0 Å². The van der Waals surface area contributed by atoms with E-state index in [4.69, 9.17) is 12.6 Å². The molecule has 0 unspecified atom stereocenters. The van der Waals surface area contributed by atoms with Gasteiger partial charge in [-0.25, -0.2) is 0 Å². The number of ether oxygens (including phenoxy) is 1. The van der Waals surface area contributed by atoms with Crippen molar-refractivity contribution in [2.24, 2.45) is 0 Å². The van der Waals surface area contributed by atoms with Gasteiger partial charge in [0, 0.05) is 0 Å². The first-order chi connectivity index (χ1) is 6.19. The Morgan fingerprint density at radius 3 is 2.46 bits per heavy atom. The highest BCUT2D eigenvalue weighted by atomic mass is 16.5. The lowest BCUT2D eigenvalue weighted by atomic mass is 9.92. The lowest BCUT2D eigenvalue weighted by Crippen LogP contribution is -1.97. The number of benzene rings is 1. The molecule has 0 fully saturated rings. The van der Waals surface area contributed by atoms with Crippen LogP contribution in [0.1, 0.15) is 23.6 Å². The highest BCUT2D eigenvalue weighted by Crippen LogP contribution is 2.22. The number of hydrogen-bond acceptors (Lipinski definition) is 1. The second kappa shape index (κ2) is 4.36. The van der Waals surface area contributed by atoms with Crippen molar-refractivity contribution in [1.82, 2.24) is 0 Å². The third-order valence-corrected chi connectivity index (χ3v) is 2.15. The maximum Gasteiger partial charge on any atom is 0.122 e. The van der Waals surface area contributed by atoms with E-state index >= 15 is 0 Å². The Hall–Kier alpha value is -0.915. The fourth-order valence-electron chi connectivity index (χ4n) is 1.38. The summed E-state index contributed by atoms with van der Waals surface area (Å²) in [4.78, 5) is 0. The topological polar surface area (TPSA) is 9.23 Å². The van der Waals surface area contributed by atoms with Gasteiger partial charge >= 0.3 is 0 Å². The monoisotopic (exact) mass is 174 g/mol. The third-order valence-electron chi connectivity index (χ3n) is 2.15. The molecule has 0 atom stereocenters. The normalized spacial score (nSPS) is 10.1. The van der Waals surface area contributed by atoms with E-state index in [1.165, 1.54) is 11.1 Å². The molecule has 2 heteroatoms. The molecule has 0 saturated heterocycles. The van der Waals surface area contributed by atoms with E-state index in [-0.39, 0.29) is 0 Å². The second-order valence-corrected chi connectivity index (χ2v) is 3.18. The van der Waals surface area contributed by atoms with Crippen molar-refractivity contribution in [1.29, 1.82) is 0 Å². The molecule has 1 rings (SSSR count). The Kier molecular flexibility index (Phi) is 3.41. The molecule has 1 aromatic rings. The van der Waals surface area contributed by atoms with Gasteiger partial charge in [-0.2, -0.15) is 0 Å². The van der Waals surface area contributed by atoms with Crippen LogP contribution in [0.15, 0.2) is 12.1 Å². The first-order valence-electron chi connectivity index (χ1n) is 4.62. The summed E-state index contributed by atoms with van der Waals surface area (Å²) in [6, 6.07) is 4.15. The van der Waals surface area contributed by atoms with Gasteiger partial charge in [0.25, 0.3) is 0 Å². The molecule has 0 spiro atoms. The highest BCUT2D eigenvalue weighted by Gasteiger charge is 2.02. The minimum absolute atomic E-state index is 0.596. The van der Waals surface area contributed by atoms with E-state index < -0.39 is 0 Å². The van der Waals surface area contributed by atoms with Crippen molar-refractivity contribution in [3.63, 3.8) is 0 Å². The van der Waals surface area contributed by atoms with E-state index in [1.807, 2.05) is 13.8 Å². The van der Waals surface area contributed by atoms with Gasteiger partial charge in [0.15, 0.2) is 0 Å². The molecule has 0 heterocycles. The van der Waals surface area contributed by atoms with Crippen molar-refractivity contribution in [2.75, 3.05) is 6.61 Å². The van der Waals surface area contributed by atoms with Gasteiger partial charge in [-0.15, -0.1) is 0 Å². The first-order valence-corrected chi connectivity index (χ1v) is 4.62. The van der Waals surface area contributed by atoms with Crippen LogP contribution in [0.2, 0.25) is 0 Å². The Balaban J connectivity index is 3.05. The molecule has 0 amide bonds. The fraction of sp³-hybridized carbons (Fsp3) is 0.455. The van der Waals surface area contributed by atoms with Crippen LogP contribution >= 0.6 is 0 Å². The van der Waals surface area contributed by atoms with Crippen molar-refractivity contribution >= 4 is 7.85 Å². The average molecular weight is 174 g/mol. The first kappa shape index (κ1) is 10.2. The van der Waals surface area contributed by atoms with Crippen molar-refractivity contribution in [3.05, 3.63) is 28.8 Å². The number of hydrogen-bond donors (Lipinski definition) is 0. The summed E-state index contributed by atoms with van der Waals surface area (Å²) < 4.78 is 5.48. The molecule has 0 bridgehead atoms. The number of aryl methyl sites for hydroxylation is 2. The minimum atomic E-state index is 0.596. The molecular formula is C11H15BO. The molecule has 0 aliphatic rings. The Bertz CT molecular complexity index is 294. The molecule has 0 saturated carbocycles. The van der Waals surface area contributed by atoms with E-state index in [0.717, 1.165) is 11.3 Å². The molecule has 0 aliphatic heterocycles. The van der Waals surface area contributed by atoms with Crippen molar-refractivity contribution in [2.45, 2.75) is 27.1 Å². The lowest BCUT2D eigenvalue weighted by Gasteiger charge is -2.11. The predicted octanol–water partition coefficient (Wildman–Crippen LogP) is 2.37. The van der Waals surface area contributed by atoms with Crippen molar-refractivity contribution in [3.8, 4) is 5.75 Å². The van der Waals surface area contributed by atoms with Crippen molar-refractivity contribution < 1.29 is 4.74 Å². The summed E-state index contributed by atoms with van der Waals surface area (Å²) >= 11 is 0. The highest BCUT2D eigenvalue weighted by molar-refractivity contribution is 6.08. The van der Waals surface area contributed by atoms with Gasteiger partial charge in [0.05, 0.1) is 14.5 Å². The van der Waals surface area contributed by atoms with Gasteiger partial charge in [-0.1, -0.05) is 17.9 Å². The van der Waals surface area contributed by atoms with Crippen LogP contribution in [0.5, 0.6) is 5.75 Å². The molecular weight excluding hydrogens is 159 g/mol. The summed E-state index contributed by atoms with van der Waals surface area (Å²) in [5.41, 5.74) is 3.56. The van der Waals surface area contributed by atoms with E-state index in [1.54, 1.807) is 0 Å². The van der Waals surface area contributed by atoms with Crippen LogP contribution in [0.3, 0.4) is 0 Å². The molecule has 1 aromatic carbocycles. The fourth-order valence-corrected chi connectivity index (χ4v) is 1.38. The van der Waals surface area contributed by atoms with Gasteiger partial charge in [-0.05, 0) is 38.0 Å². The molecule has 0 aromatic heterocycles. The largest absolute Gasteiger partial charge is 0.494 e. The standard InChI is InChI=1S/C11H15BO/c1-4-13-11-6-8(2)10(7-12)5-9(11)3/h5-6H,4,7H2,1-3H3. The van der Waals surface area contributed by atoms with Gasteiger partial charge in [0.1, 0.15) is 5.75 Å². The summed E-state index contributed by atoms with van der Waals surface area (Å²) in [5, 5.41) is 0. The SMILES string of the molecule is [B]Cc1cc(C)c(OCC)cc1C. The van der Waals surface area contributed by atoms with Crippen LogP contribution in [-0.2, 0) is 6.32 Å². The van der Waals surface area contributed by atoms with Gasteiger partial charge in [0.2, 0.25) is 0 Å². The van der Waals surface area contributed by atoms with Crippen LogP contribution in [0, 0.1) is 13.8 Å². The van der Waals surface area contributed by atoms with Gasteiger partial charge < -0.3 is 4.74 Å². The van der Waals surface area contributed by atoms with E-state index in [2.05, 4.69) is 19.1 Å². The zero-order valence-corrected chi connectivity index (χ0v) is 8.55. The third kappa shape index (κ3) is 2.27. The number of rotatable bonds is 3. The molecule has 13 heavy (non-hydrogen) atoms. The molecule has 68 valence electrons. The maximum atomic E-state index is 5.60. The Labute approximate surface area is 81.5 Å². The van der Waals surface area contributed by atoms with E-state index in [0.29, 0.717) is 12.9 Å². The van der Waals surface area contributed by atoms with Crippen LogP contribution in [-0.4, -0.2) is 14.5 Å². The quantitative estimate of drug-likeness (QED) is 0.639. The summed E-state index contributed by atoms with van der Waals surface area (Å²) in [5.74, 6) is 0.970. The molecule has 0 N–H and O–H groups in total. The lowest BCUT2D eigenvalue weighted by molar-refractivity contribution is 0.337. The molecule has 0 aliphatic carbocycles. The maximum absolute atomic E-state index is 5.60. The molecule has 2 radical (unpaired) electrons. The summed E-state index contributed by atoms with van der Waals surface area (Å²) in [7, 11) is 5.60. The minimum Gasteiger partial charge on any atom is -0.494 e. The Morgan fingerprint density at radius 2 is 1.92 bits per heavy atom. The summed E-state index contributed by atoms with van der Waals surface area (Å²) in [6.45, 7) is 6.81. The zero-order chi connectivity index (χ0) is 9.84. The predicted molar refractivity (Wildman–Crippen MR) is 56.5 cm³/mol. The summed E-state index contributed by atoms with van der Waals surface area (Å²) in [6.07, 6.45) is 0.596. The van der Waals surface area contributed by atoms with Crippen LogP contribution < -0.4 is 4.74 Å². The Morgan fingerprint density at radius 1 is 1.23 bits per heavy atom. The zero-order valence-electron chi connectivity index (χ0n) is 8.55. The molecule has 1 nitrogen and oxygen atoms in total. The smallest absolute Gasteiger partial charge is 0.122 e. The second-order valence-electron chi connectivity index (χ2n) is 3.18. The van der Waals surface area contributed by atoms with Gasteiger partial charge in [-0.3, -0.25) is 0 Å². The average Bonchev–Trinajstić information content (AvgIpc) is 2.11.